The van der Waals surface area contributed by atoms with Gasteiger partial charge in [-0.2, -0.15) is 0 Å². The zero-order valence-electron chi connectivity index (χ0n) is 15.9. The molecule has 0 saturated heterocycles. The van der Waals surface area contributed by atoms with Crippen LogP contribution in [0.25, 0.3) is 0 Å². The van der Waals surface area contributed by atoms with E-state index in [1.807, 2.05) is 48.5 Å². The van der Waals surface area contributed by atoms with Crippen LogP contribution < -0.4 is 15.0 Å². The Labute approximate surface area is 160 Å². The van der Waals surface area contributed by atoms with Gasteiger partial charge in [0.2, 0.25) is 5.91 Å². The molecule has 0 unspecified atom stereocenters. The number of unbranched alkanes of at least 4 members (excludes halogenated alkanes) is 2. The third kappa shape index (κ3) is 4.48. The molecule has 1 aliphatic rings. The van der Waals surface area contributed by atoms with Crippen LogP contribution in [0.2, 0.25) is 0 Å². The molecular weight excluding hydrogens is 340 g/mol. The van der Waals surface area contributed by atoms with Gasteiger partial charge in [-0.05, 0) is 30.2 Å². The number of carbonyl (C=O) groups excluding carboxylic acids is 2. The first kappa shape index (κ1) is 19.0. The van der Waals surface area contributed by atoms with Crippen molar-refractivity contribution in [1.29, 1.82) is 0 Å². The number of para-hydroxylation sites is 1. The molecule has 0 aliphatic carbocycles. The molecular formula is C22H26N2O3. The highest BCUT2D eigenvalue weighted by atomic mass is 16.5. The summed E-state index contributed by atoms with van der Waals surface area (Å²) in [5.74, 6) is 0.528. The molecule has 5 nitrogen and oxygen atoms in total. The minimum absolute atomic E-state index is 0.105. The minimum Gasteiger partial charge on any atom is -0.494 e. The van der Waals surface area contributed by atoms with Gasteiger partial charge < -0.3 is 15.0 Å². The average molecular weight is 366 g/mol. The van der Waals surface area contributed by atoms with Crippen LogP contribution in [0.15, 0.2) is 48.5 Å². The molecule has 1 heterocycles. The van der Waals surface area contributed by atoms with E-state index < -0.39 is 6.04 Å². The molecule has 2 aromatic rings. The summed E-state index contributed by atoms with van der Waals surface area (Å²) in [4.78, 5) is 26.1. The Morgan fingerprint density at radius 2 is 1.85 bits per heavy atom. The summed E-state index contributed by atoms with van der Waals surface area (Å²) in [5, 5.41) is 2.76. The fourth-order valence-electron chi connectivity index (χ4n) is 3.31. The van der Waals surface area contributed by atoms with Gasteiger partial charge in [0, 0.05) is 18.2 Å². The van der Waals surface area contributed by atoms with E-state index >= 15 is 0 Å². The minimum atomic E-state index is -0.611. The predicted molar refractivity (Wildman–Crippen MR) is 106 cm³/mol. The number of anilines is 1. The van der Waals surface area contributed by atoms with Gasteiger partial charge in [-0.25, -0.2) is 0 Å². The third-order valence-electron chi connectivity index (χ3n) is 4.68. The van der Waals surface area contributed by atoms with E-state index in [2.05, 4.69) is 12.2 Å². The van der Waals surface area contributed by atoms with E-state index in [0.29, 0.717) is 6.54 Å². The highest BCUT2D eigenvalue weighted by Gasteiger charge is 2.37. The molecule has 2 amide bonds. The molecule has 3 rings (SSSR count). The Bertz CT molecular complexity index is 801. The fourth-order valence-corrected chi connectivity index (χ4v) is 3.31. The molecule has 1 aliphatic heterocycles. The lowest BCUT2D eigenvalue weighted by Gasteiger charge is -2.18. The highest BCUT2D eigenvalue weighted by Crippen LogP contribution is 2.36. The normalized spacial score (nSPS) is 15.6. The maximum atomic E-state index is 12.9. The largest absolute Gasteiger partial charge is 0.494 e. The maximum absolute atomic E-state index is 12.9. The molecule has 1 N–H and O–H groups in total. The molecule has 1 atom stereocenters. The van der Waals surface area contributed by atoms with E-state index in [9.17, 15) is 9.59 Å². The summed E-state index contributed by atoms with van der Waals surface area (Å²) >= 11 is 0. The number of benzene rings is 2. The van der Waals surface area contributed by atoms with Gasteiger partial charge in [0.15, 0.2) is 0 Å². The average Bonchev–Trinajstić information content (AvgIpc) is 2.92. The first-order valence-corrected chi connectivity index (χ1v) is 9.49. The number of nitrogens with zero attached hydrogens (tertiary/aromatic N) is 1. The molecule has 0 saturated carbocycles. The first-order chi connectivity index (χ1) is 13.1. The second-order valence-corrected chi connectivity index (χ2v) is 6.82. The molecule has 142 valence electrons. The molecule has 5 heteroatoms. The summed E-state index contributed by atoms with van der Waals surface area (Å²) < 4.78 is 5.74. The van der Waals surface area contributed by atoms with Crippen LogP contribution in [-0.4, -0.2) is 18.4 Å². The van der Waals surface area contributed by atoms with Crippen LogP contribution >= 0.6 is 0 Å². The zero-order valence-corrected chi connectivity index (χ0v) is 15.9. The van der Waals surface area contributed by atoms with Gasteiger partial charge in [-0.3, -0.25) is 9.59 Å². The SMILES string of the molecule is CCCCCOc1ccc(CN2C(=O)[C@H](NC(C)=O)c3ccccc32)cc1. The van der Waals surface area contributed by atoms with Crippen LogP contribution in [0.4, 0.5) is 5.69 Å². The van der Waals surface area contributed by atoms with Crippen LogP contribution in [0, 0.1) is 0 Å². The van der Waals surface area contributed by atoms with Crippen LogP contribution in [0.5, 0.6) is 5.75 Å². The second-order valence-electron chi connectivity index (χ2n) is 6.82. The van der Waals surface area contributed by atoms with Gasteiger partial charge in [-0.1, -0.05) is 50.1 Å². The van der Waals surface area contributed by atoms with Gasteiger partial charge in [-0.15, -0.1) is 0 Å². The summed E-state index contributed by atoms with van der Waals surface area (Å²) in [6, 6.07) is 14.8. The summed E-state index contributed by atoms with van der Waals surface area (Å²) in [6.45, 7) is 4.78. The molecule has 27 heavy (non-hydrogen) atoms. The monoisotopic (exact) mass is 366 g/mol. The first-order valence-electron chi connectivity index (χ1n) is 9.49. The number of carbonyl (C=O) groups is 2. The van der Waals surface area contributed by atoms with Crippen molar-refractivity contribution in [2.75, 3.05) is 11.5 Å². The molecule has 0 aromatic heterocycles. The number of hydrogen-bond donors (Lipinski definition) is 1. The van der Waals surface area contributed by atoms with E-state index in [0.717, 1.165) is 35.6 Å². The topological polar surface area (TPSA) is 58.6 Å². The molecule has 2 aromatic carbocycles. The van der Waals surface area contributed by atoms with Crippen molar-refractivity contribution in [1.82, 2.24) is 5.32 Å². The standard InChI is InChI=1S/C22H26N2O3/c1-3-4-7-14-27-18-12-10-17(11-13-18)15-24-20-9-6-5-8-19(20)21(22(24)26)23-16(2)25/h5-6,8-13,21H,3-4,7,14-15H2,1-2H3,(H,23,25)/t21-/m1/s1. The van der Waals surface area contributed by atoms with Crippen LogP contribution in [-0.2, 0) is 16.1 Å². The smallest absolute Gasteiger partial charge is 0.254 e. The fraction of sp³-hybridized carbons (Fsp3) is 0.364. The molecule has 0 bridgehead atoms. The third-order valence-corrected chi connectivity index (χ3v) is 4.68. The summed E-state index contributed by atoms with van der Waals surface area (Å²) in [6.07, 6.45) is 3.40. The summed E-state index contributed by atoms with van der Waals surface area (Å²) in [5.41, 5.74) is 2.71. The quantitative estimate of drug-likeness (QED) is 0.719. The van der Waals surface area contributed by atoms with Gasteiger partial charge in [0.1, 0.15) is 11.8 Å². The van der Waals surface area contributed by atoms with Crippen molar-refractivity contribution in [3.8, 4) is 5.75 Å². The number of amides is 2. The lowest BCUT2D eigenvalue weighted by molar-refractivity contribution is -0.126. The molecule has 0 radical (unpaired) electrons. The lowest BCUT2D eigenvalue weighted by Crippen LogP contribution is -2.36. The number of ether oxygens (including phenoxy) is 1. The van der Waals surface area contributed by atoms with Crippen molar-refractivity contribution >= 4 is 17.5 Å². The zero-order chi connectivity index (χ0) is 19.2. The lowest BCUT2D eigenvalue weighted by atomic mass is 10.1. The van der Waals surface area contributed by atoms with Crippen LogP contribution in [0.3, 0.4) is 0 Å². The van der Waals surface area contributed by atoms with Gasteiger partial charge >= 0.3 is 0 Å². The number of hydrogen-bond acceptors (Lipinski definition) is 3. The Kier molecular flexibility index (Phi) is 6.12. The van der Waals surface area contributed by atoms with Gasteiger partial charge in [0.05, 0.1) is 13.2 Å². The second kappa shape index (κ2) is 8.71. The van der Waals surface area contributed by atoms with Crippen molar-refractivity contribution < 1.29 is 14.3 Å². The Balaban J connectivity index is 1.70. The van der Waals surface area contributed by atoms with E-state index in [-0.39, 0.29) is 11.8 Å². The number of nitrogens with one attached hydrogen (secondary N) is 1. The number of fused-ring (bicyclic) bond motifs is 1. The maximum Gasteiger partial charge on any atom is 0.254 e. The van der Waals surface area contributed by atoms with Crippen molar-refractivity contribution in [3.63, 3.8) is 0 Å². The van der Waals surface area contributed by atoms with Crippen molar-refractivity contribution in [2.24, 2.45) is 0 Å². The molecule has 0 spiro atoms. The van der Waals surface area contributed by atoms with Crippen LogP contribution in [0.1, 0.15) is 50.3 Å². The molecule has 0 fully saturated rings. The van der Waals surface area contributed by atoms with E-state index in [1.165, 1.54) is 19.8 Å². The highest BCUT2D eigenvalue weighted by molar-refractivity contribution is 6.06. The van der Waals surface area contributed by atoms with E-state index in [4.69, 9.17) is 4.74 Å². The Morgan fingerprint density at radius 3 is 2.56 bits per heavy atom. The predicted octanol–water partition coefficient (Wildman–Crippen LogP) is 3.98. The summed E-state index contributed by atoms with van der Waals surface area (Å²) in [7, 11) is 0. The van der Waals surface area contributed by atoms with Crippen molar-refractivity contribution in [2.45, 2.75) is 45.7 Å². The Hall–Kier alpha value is -2.82. The Morgan fingerprint density at radius 1 is 1.11 bits per heavy atom. The van der Waals surface area contributed by atoms with Gasteiger partial charge in [0.25, 0.3) is 5.91 Å². The van der Waals surface area contributed by atoms with Crippen molar-refractivity contribution in [3.05, 3.63) is 59.7 Å². The number of rotatable bonds is 8. The van der Waals surface area contributed by atoms with E-state index in [1.54, 1.807) is 4.90 Å².